The summed E-state index contributed by atoms with van der Waals surface area (Å²) in [5.74, 6) is 0.556. The van der Waals surface area contributed by atoms with Crippen molar-refractivity contribution in [3.63, 3.8) is 0 Å². The number of anilines is 1. The quantitative estimate of drug-likeness (QED) is 0.895. The maximum atomic E-state index is 8.89. The highest BCUT2D eigenvalue weighted by Crippen LogP contribution is 2.12. The summed E-state index contributed by atoms with van der Waals surface area (Å²) in [7, 11) is 0. The number of likely N-dealkylation sites (tertiary alicyclic amines) is 1. The van der Waals surface area contributed by atoms with E-state index in [2.05, 4.69) is 33.2 Å². The molecule has 1 aromatic heterocycles. The molecule has 2 rings (SSSR count). The van der Waals surface area contributed by atoms with Crippen LogP contribution in [0.4, 0.5) is 5.95 Å². The second kappa shape index (κ2) is 6.48. The Labute approximate surface area is 114 Å². The molecule has 1 fully saturated rings. The molecule has 0 saturated carbocycles. The number of aromatic nitrogens is 2. The molecule has 1 aliphatic rings. The lowest BCUT2D eigenvalue weighted by molar-refractivity contribution is 0.180. The minimum atomic E-state index is 0.417. The Bertz CT molecular complexity index is 459. The van der Waals surface area contributed by atoms with Gasteiger partial charge in [0, 0.05) is 18.3 Å². The Kier molecular flexibility index (Phi) is 4.69. The van der Waals surface area contributed by atoms with E-state index >= 15 is 0 Å². The summed E-state index contributed by atoms with van der Waals surface area (Å²) in [4.78, 5) is 11.0. The van der Waals surface area contributed by atoms with Crippen LogP contribution in [0.15, 0.2) is 6.07 Å². The van der Waals surface area contributed by atoms with Gasteiger partial charge >= 0.3 is 0 Å². The number of nitrogens with one attached hydrogen (secondary N) is 1. The van der Waals surface area contributed by atoms with Gasteiger partial charge in [-0.3, -0.25) is 4.90 Å². The van der Waals surface area contributed by atoms with Crippen LogP contribution in [0.5, 0.6) is 0 Å². The fourth-order valence-electron chi connectivity index (χ4n) is 2.43. The van der Waals surface area contributed by atoms with Crippen molar-refractivity contribution in [2.75, 3.05) is 25.0 Å². The largest absolute Gasteiger partial charge is 0.353 e. The Hall–Kier alpha value is -1.67. The van der Waals surface area contributed by atoms with Gasteiger partial charge in [-0.05, 0) is 45.8 Å². The van der Waals surface area contributed by atoms with Gasteiger partial charge in [-0.1, -0.05) is 6.42 Å². The standard InChI is InChI=1S/C14H21N5/c1-11-8-13(9-15)18-14(17-11)16-10-12(2)19-6-4-3-5-7-19/h8,12H,3-7,10H2,1-2H3,(H,16,17,18). The van der Waals surface area contributed by atoms with E-state index in [1.54, 1.807) is 6.07 Å². The van der Waals surface area contributed by atoms with Gasteiger partial charge in [-0.15, -0.1) is 0 Å². The summed E-state index contributed by atoms with van der Waals surface area (Å²) in [6.45, 7) is 7.28. The lowest BCUT2D eigenvalue weighted by Crippen LogP contribution is -2.41. The van der Waals surface area contributed by atoms with E-state index in [-0.39, 0.29) is 0 Å². The molecular weight excluding hydrogens is 238 g/mol. The van der Waals surface area contributed by atoms with Gasteiger partial charge in [0.2, 0.25) is 5.95 Å². The van der Waals surface area contributed by atoms with Gasteiger partial charge in [-0.25, -0.2) is 9.97 Å². The maximum absolute atomic E-state index is 8.89. The predicted octanol–water partition coefficient (Wildman–Crippen LogP) is 1.94. The van der Waals surface area contributed by atoms with Gasteiger partial charge in [0.15, 0.2) is 0 Å². The molecule has 0 spiro atoms. The highest BCUT2D eigenvalue weighted by atomic mass is 15.2. The minimum Gasteiger partial charge on any atom is -0.353 e. The van der Waals surface area contributed by atoms with Crippen LogP contribution >= 0.6 is 0 Å². The molecule has 0 amide bonds. The maximum Gasteiger partial charge on any atom is 0.224 e. The van der Waals surface area contributed by atoms with Crippen molar-refractivity contribution >= 4 is 5.95 Å². The number of nitrogens with zero attached hydrogens (tertiary/aromatic N) is 4. The smallest absolute Gasteiger partial charge is 0.224 e. The lowest BCUT2D eigenvalue weighted by Gasteiger charge is -2.32. The zero-order valence-electron chi connectivity index (χ0n) is 11.7. The number of rotatable bonds is 4. The third-order valence-corrected chi connectivity index (χ3v) is 3.54. The molecule has 1 aromatic rings. The molecule has 1 saturated heterocycles. The van der Waals surface area contributed by atoms with Crippen molar-refractivity contribution in [2.45, 2.75) is 39.2 Å². The first-order valence-electron chi connectivity index (χ1n) is 6.93. The van der Waals surface area contributed by atoms with Crippen LogP contribution in [-0.4, -0.2) is 40.5 Å². The van der Waals surface area contributed by atoms with Crippen LogP contribution < -0.4 is 5.32 Å². The van der Waals surface area contributed by atoms with Crippen molar-refractivity contribution in [1.29, 1.82) is 5.26 Å². The van der Waals surface area contributed by atoms with E-state index in [9.17, 15) is 0 Å². The van der Waals surface area contributed by atoms with E-state index in [1.807, 2.05) is 6.92 Å². The summed E-state index contributed by atoms with van der Waals surface area (Å²) in [5, 5.41) is 12.1. The second-order valence-corrected chi connectivity index (χ2v) is 5.16. The Balaban J connectivity index is 1.91. The number of nitriles is 1. The fraction of sp³-hybridized carbons (Fsp3) is 0.643. The second-order valence-electron chi connectivity index (χ2n) is 5.16. The number of hydrogen-bond donors (Lipinski definition) is 1. The van der Waals surface area contributed by atoms with Crippen LogP contribution in [0.1, 0.15) is 37.6 Å². The van der Waals surface area contributed by atoms with Crippen LogP contribution in [0.2, 0.25) is 0 Å². The molecule has 5 nitrogen and oxygen atoms in total. The van der Waals surface area contributed by atoms with Crippen molar-refractivity contribution in [3.05, 3.63) is 17.5 Å². The molecule has 0 aliphatic carbocycles. The molecular formula is C14H21N5. The number of aryl methyl sites for hydroxylation is 1. The third-order valence-electron chi connectivity index (χ3n) is 3.54. The summed E-state index contributed by atoms with van der Waals surface area (Å²) in [6.07, 6.45) is 3.94. The van der Waals surface area contributed by atoms with Crippen LogP contribution in [0, 0.1) is 18.3 Å². The SMILES string of the molecule is Cc1cc(C#N)nc(NCC(C)N2CCCCC2)n1. The van der Waals surface area contributed by atoms with E-state index < -0.39 is 0 Å². The molecule has 5 heteroatoms. The van der Waals surface area contributed by atoms with E-state index in [1.165, 1.54) is 32.4 Å². The molecule has 0 radical (unpaired) electrons. The van der Waals surface area contributed by atoms with Gasteiger partial charge in [0.1, 0.15) is 11.8 Å². The first-order valence-corrected chi connectivity index (χ1v) is 6.93. The first kappa shape index (κ1) is 13.8. The summed E-state index contributed by atoms with van der Waals surface area (Å²) in [5.41, 5.74) is 1.24. The van der Waals surface area contributed by atoms with Crippen molar-refractivity contribution in [2.24, 2.45) is 0 Å². The highest BCUT2D eigenvalue weighted by Gasteiger charge is 2.16. The first-order chi connectivity index (χ1) is 9.19. The number of piperidine rings is 1. The highest BCUT2D eigenvalue weighted by molar-refractivity contribution is 5.33. The Morgan fingerprint density at radius 3 is 2.79 bits per heavy atom. The zero-order chi connectivity index (χ0) is 13.7. The Morgan fingerprint density at radius 1 is 1.37 bits per heavy atom. The average Bonchev–Trinajstić information content (AvgIpc) is 2.45. The average molecular weight is 259 g/mol. The van der Waals surface area contributed by atoms with Gasteiger partial charge in [-0.2, -0.15) is 5.26 Å². The molecule has 19 heavy (non-hydrogen) atoms. The Morgan fingerprint density at radius 2 is 2.11 bits per heavy atom. The zero-order valence-corrected chi connectivity index (χ0v) is 11.7. The third kappa shape index (κ3) is 3.90. The lowest BCUT2D eigenvalue weighted by atomic mass is 10.1. The van der Waals surface area contributed by atoms with Gasteiger partial charge in [0.25, 0.3) is 0 Å². The summed E-state index contributed by atoms with van der Waals surface area (Å²) >= 11 is 0. The van der Waals surface area contributed by atoms with Crippen LogP contribution in [-0.2, 0) is 0 Å². The molecule has 1 aliphatic heterocycles. The van der Waals surface area contributed by atoms with E-state index in [4.69, 9.17) is 5.26 Å². The van der Waals surface area contributed by atoms with E-state index in [0.717, 1.165) is 12.2 Å². The molecule has 0 aromatic carbocycles. The fourth-order valence-corrected chi connectivity index (χ4v) is 2.43. The van der Waals surface area contributed by atoms with E-state index in [0.29, 0.717) is 17.7 Å². The molecule has 1 N–H and O–H groups in total. The normalized spacial score (nSPS) is 17.7. The summed E-state index contributed by atoms with van der Waals surface area (Å²) < 4.78 is 0. The molecule has 1 unspecified atom stereocenters. The van der Waals surface area contributed by atoms with Crippen molar-refractivity contribution in [1.82, 2.24) is 14.9 Å². The molecule has 1 atom stereocenters. The van der Waals surface area contributed by atoms with Crippen molar-refractivity contribution < 1.29 is 0 Å². The monoisotopic (exact) mass is 259 g/mol. The van der Waals surface area contributed by atoms with Crippen molar-refractivity contribution in [3.8, 4) is 6.07 Å². The van der Waals surface area contributed by atoms with Gasteiger partial charge < -0.3 is 5.32 Å². The molecule has 102 valence electrons. The van der Waals surface area contributed by atoms with Gasteiger partial charge in [0.05, 0.1) is 0 Å². The molecule has 0 bridgehead atoms. The number of hydrogen-bond acceptors (Lipinski definition) is 5. The minimum absolute atomic E-state index is 0.417. The van der Waals surface area contributed by atoms with Crippen LogP contribution in [0.3, 0.4) is 0 Å². The molecule has 2 heterocycles. The predicted molar refractivity (Wildman–Crippen MR) is 74.9 cm³/mol. The summed E-state index contributed by atoms with van der Waals surface area (Å²) in [6, 6.07) is 4.22. The topological polar surface area (TPSA) is 64.8 Å². The van der Waals surface area contributed by atoms with Crippen LogP contribution in [0.25, 0.3) is 0 Å².